The number of piperazine rings is 1. The Balaban J connectivity index is 1.49. The van der Waals surface area contributed by atoms with E-state index in [1.807, 2.05) is 74.4 Å². The number of rotatable bonds is 7. The highest BCUT2D eigenvalue weighted by Crippen LogP contribution is 2.31. The minimum Gasteiger partial charge on any atom is -0.508 e. The molecule has 0 saturated carbocycles. The van der Waals surface area contributed by atoms with Gasteiger partial charge in [0, 0.05) is 46.3 Å². The molecule has 0 aromatic heterocycles. The van der Waals surface area contributed by atoms with E-state index in [-0.39, 0.29) is 43.1 Å². The number of hydrogen-bond acceptors (Lipinski definition) is 6. The molecule has 10 heteroatoms. The van der Waals surface area contributed by atoms with Gasteiger partial charge in [-0.25, -0.2) is 14.8 Å². The fraction of sp³-hybridized carbons (Fsp3) is 0.344. The van der Waals surface area contributed by atoms with Crippen LogP contribution in [0.5, 0.6) is 5.75 Å². The number of para-hydroxylation sites is 1. The van der Waals surface area contributed by atoms with Gasteiger partial charge in [-0.05, 0) is 41.3 Å². The van der Waals surface area contributed by atoms with Crippen LogP contribution in [0, 0.1) is 6.92 Å². The smallest absolute Gasteiger partial charge is 0.334 e. The first-order chi connectivity index (χ1) is 20.1. The highest BCUT2D eigenvalue weighted by atomic mass is 16.3. The number of aromatic hydroxyl groups is 1. The summed E-state index contributed by atoms with van der Waals surface area (Å²) in [5.74, 6) is -0.259. The second-order valence-electron chi connectivity index (χ2n) is 11.2. The van der Waals surface area contributed by atoms with Crippen molar-refractivity contribution in [3.8, 4) is 5.75 Å². The summed E-state index contributed by atoms with van der Waals surface area (Å²) in [4.78, 5) is 46.8. The van der Waals surface area contributed by atoms with Gasteiger partial charge in [0.05, 0.1) is 13.1 Å². The molecule has 0 bridgehead atoms. The summed E-state index contributed by atoms with van der Waals surface area (Å²) in [6.07, 6.45) is -0.436. The Hall–Kier alpha value is -4.57. The minimum absolute atomic E-state index is 0.0305. The van der Waals surface area contributed by atoms with Crippen LogP contribution in [-0.2, 0) is 29.1 Å². The van der Waals surface area contributed by atoms with Crippen LogP contribution in [0.3, 0.4) is 0 Å². The Bertz CT molecular complexity index is 1450. The number of phenolic OH excluding ortho intramolecular Hbond substituents is 1. The van der Waals surface area contributed by atoms with E-state index in [4.69, 9.17) is 0 Å². The number of aryl methyl sites for hydroxylation is 1. The molecule has 0 radical (unpaired) electrons. The van der Waals surface area contributed by atoms with Crippen LogP contribution in [0.15, 0.2) is 72.8 Å². The molecule has 2 heterocycles. The fourth-order valence-electron chi connectivity index (χ4n) is 6.05. The average Bonchev–Trinajstić information content (AvgIpc) is 2.95. The lowest BCUT2D eigenvalue weighted by Crippen LogP contribution is -2.76. The van der Waals surface area contributed by atoms with Crippen LogP contribution in [0.25, 0.3) is 0 Å². The predicted molar refractivity (Wildman–Crippen MR) is 160 cm³/mol. The van der Waals surface area contributed by atoms with Gasteiger partial charge in [0.15, 0.2) is 0 Å². The van der Waals surface area contributed by atoms with Crippen molar-refractivity contribution in [3.63, 3.8) is 0 Å². The van der Waals surface area contributed by atoms with Crippen molar-refractivity contribution in [1.82, 2.24) is 25.1 Å². The van der Waals surface area contributed by atoms with Crippen LogP contribution in [0.1, 0.15) is 22.3 Å². The molecule has 2 aliphatic rings. The van der Waals surface area contributed by atoms with Gasteiger partial charge in [0.2, 0.25) is 11.8 Å². The van der Waals surface area contributed by atoms with Gasteiger partial charge in [0.25, 0.3) is 0 Å². The predicted octanol–water partition coefficient (Wildman–Crippen LogP) is 2.95. The highest BCUT2D eigenvalue weighted by molar-refractivity contribution is 5.91. The van der Waals surface area contributed by atoms with E-state index in [9.17, 15) is 19.5 Å². The van der Waals surface area contributed by atoms with Crippen LogP contribution < -0.4 is 10.2 Å². The third kappa shape index (κ3) is 5.89. The number of fused-ring (bicyclic) bond motifs is 1. The van der Waals surface area contributed by atoms with Gasteiger partial charge >= 0.3 is 6.03 Å². The lowest BCUT2D eigenvalue weighted by atomic mass is 9.97. The molecule has 3 aromatic carbocycles. The maximum atomic E-state index is 14.2. The Labute approximate surface area is 246 Å². The minimum atomic E-state index is -0.813. The lowest BCUT2D eigenvalue weighted by molar-refractivity contribution is -0.187. The molecule has 2 fully saturated rings. The number of urea groups is 1. The zero-order valence-electron chi connectivity index (χ0n) is 24.5. The van der Waals surface area contributed by atoms with Crippen molar-refractivity contribution in [1.29, 1.82) is 0 Å². The maximum absolute atomic E-state index is 14.2. The van der Waals surface area contributed by atoms with E-state index in [2.05, 4.69) is 5.32 Å². The molecule has 2 unspecified atom stereocenters. The van der Waals surface area contributed by atoms with Crippen molar-refractivity contribution >= 4 is 23.5 Å². The summed E-state index contributed by atoms with van der Waals surface area (Å²) in [6.45, 7) is 2.85. The highest BCUT2D eigenvalue weighted by Gasteiger charge is 2.50. The first-order valence-corrected chi connectivity index (χ1v) is 14.1. The number of carbonyl (C=O) groups excluding carboxylic acids is 3. The molecular formula is C32H38N6O4. The van der Waals surface area contributed by atoms with Crippen LogP contribution in [0.2, 0.25) is 0 Å². The monoisotopic (exact) mass is 570 g/mol. The standard InChI is InChI=1S/C32H38N6O4/c1-22-9-8-12-25(30(22)34(2)3)19-36-20-28-37(27(31(36)41)17-23-13-15-26(39)16-14-23)29(40)21-35(4)38(28)32(42)33-18-24-10-6-5-7-11-24/h5-16,27-28,39H,17-21H2,1-4H3,(H,33,42). The maximum Gasteiger partial charge on any atom is 0.334 e. The Morgan fingerprint density at radius 1 is 0.976 bits per heavy atom. The van der Waals surface area contributed by atoms with Crippen LogP contribution >= 0.6 is 0 Å². The zero-order chi connectivity index (χ0) is 30.0. The van der Waals surface area contributed by atoms with E-state index in [1.165, 1.54) is 0 Å². The first kappa shape index (κ1) is 28.9. The van der Waals surface area contributed by atoms with Crippen LogP contribution in [0.4, 0.5) is 10.5 Å². The lowest BCUT2D eigenvalue weighted by Gasteiger charge is -2.54. The number of carbonyl (C=O) groups is 3. The Morgan fingerprint density at radius 2 is 1.69 bits per heavy atom. The molecular weight excluding hydrogens is 532 g/mol. The number of nitrogens with one attached hydrogen (secondary N) is 1. The molecule has 2 aliphatic heterocycles. The van der Waals surface area contributed by atoms with Crippen molar-refractivity contribution in [2.45, 2.75) is 38.6 Å². The summed E-state index contributed by atoms with van der Waals surface area (Å²) >= 11 is 0. The van der Waals surface area contributed by atoms with Gasteiger partial charge in [-0.2, -0.15) is 0 Å². The first-order valence-electron chi connectivity index (χ1n) is 14.1. The Morgan fingerprint density at radius 3 is 2.38 bits per heavy atom. The molecule has 2 atom stereocenters. The quantitative estimate of drug-likeness (QED) is 0.453. The van der Waals surface area contributed by atoms with E-state index >= 15 is 0 Å². The topological polar surface area (TPSA) is 99.7 Å². The molecule has 2 saturated heterocycles. The number of hydrogen-bond donors (Lipinski definition) is 2. The van der Waals surface area contributed by atoms with Crippen molar-refractivity contribution in [3.05, 3.63) is 95.1 Å². The van der Waals surface area contributed by atoms with Gasteiger partial charge in [-0.1, -0.05) is 60.7 Å². The van der Waals surface area contributed by atoms with Crippen molar-refractivity contribution in [2.75, 3.05) is 39.1 Å². The second kappa shape index (κ2) is 12.1. The summed E-state index contributed by atoms with van der Waals surface area (Å²) in [6, 6.07) is 21.2. The summed E-state index contributed by atoms with van der Waals surface area (Å²) in [5, 5.41) is 16.0. The van der Waals surface area contributed by atoms with E-state index in [0.717, 1.165) is 27.9 Å². The molecule has 0 aliphatic carbocycles. The third-order valence-electron chi connectivity index (χ3n) is 7.93. The average molecular weight is 571 g/mol. The normalized spacial score (nSPS) is 19.1. The molecule has 5 rings (SSSR count). The van der Waals surface area contributed by atoms with E-state index in [0.29, 0.717) is 13.1 Å². The molecule has 3 aromatic rings. The fourth-order valence-corrected chi connectivity index (χ4v) is 6.05. The molecule has 0 spiro atoms. The number of benzene rings is 3. The van der Waals surface area contributed by atoms with Gasteiger partial charge < -0.3 is 25.1 Å². The van der Waals surface area contributed by atoms with E-state index in [1.54, 1.807) is 51.1 Å². The molecule has 10 nitrogen and oxygen atoms in total. The van der Waals surface area contributed by atoms with Crippen molar-refractivity contribution in [2.24, 2.45) is 0 Å². The molecule has 4 amide bonds. The summed E-state index contributed by atoms with van der Waals surface area (Å²) < 4.78 is 0. The van der Waals surface area contributed by atoms with Gasteiger partial charge in [0.1, 0.15) is 18.0 Å². The largest absolute Gasteiger partial charge is 0.508 e. The number of amides is 4. The number of nitrogens with zero attached hydrogens (tertiary/aromatic N) is 5. The van der Waals surface area contributed by atoms with Crippen LogP contribution in [-0.4, -0.2) is 89.2 Å². The molecule has 2 N–H and O–H groups in total. The van der Waals surface area contributed by atoms with Crippen molar-refractivity contribution < 1.29 is 19.5 Å². The van der Waals surface area contributed by atoms with Gasteiger partial charge in [-0.3, -0.25) is 9.59 Å². The van der Waals surface area contributed by atoms with Gasteiger partial charge in [-0.15, -0.1) is 0 Å². The number of phenols is 1. The zero-order valence-corrected chi connectivity index (χ0v) is 24.5. The summed E-state index contributed by atoms with van der Waals surface area (Å²) in [7, 11) is 5.68. The third-order valence-corrected chi connectivity index (χ3v) is 7.93. The van der Waals surface area contributed by atoms with E-state index < -0.39 is 12.2 Å². The SMILES string of the molecule is Cc1cccc(CN2CC3N(C(=O)CN(C)N3C(=O)NCc3ccccc3)C(Cc3ccc(O)cc3)C2=O)c1N(C)C. The summed E-state index contributed by atoms with van der Waals surface area (Å²) in [5.41, 5.74) is 4.89. The number of anilines is 1. The Kier molecular flexibility index (Phi) is 8.35. The second-order valence-corrected chi connectivity index (χ2v) is 11.2. The number of likely N-dealkylation sites (N-methyl/N-ethyl adjacent to an activating group) is 1. The molecule has 42 heavy (non-hydrogen) atoms. The molecule has 220 valence electrons. The number of hydrazine groups is 1.